The molecule has 1 aromatic heterocycles. The second-order valence-electron chi connectivity index (χ2n) is 8.44. The van der Waals surface area contributed by atoms with E-state index in [2.05, 4.69) is 0 Å². The second kappa shape index (κ2) is 9.99. The summed E-state index contributed by atoms with van der Waals surface area (Å²) in [5.41, 5.74) is -0.764. The fourth-order valence-corrected chi connectivity index (χ4v) is 4.06. The highest BCUT2D eigenvalue weighted by Gasteiger charge is 2.49. The van der Waals surface area contributed by atoms with Gasteiger partial charge in [0, 0.05) is 31.5 Å². The maximum Gasteiger partial charge on any atom is 0.303 e. The normalized spacial score (nSPS) is 23.4. The molecule has 5 atom stereocenters. The van der Waals surface area contributed by atoms with Crippen molar-refractivity contribution in [2.75, 3.05) is 0 Å². The number of carbonyl (C=O) groups excluding carboxylic acids is 2. The topological polar surface area (TPSA) is 182 Å². The minimum atomic E-state index is -1.59. The van der Waals surface area contributed by atoms with Crippen molar-refractivity contribution < 1.29 is 53.4 Å². The summed E-state index contributed by atoms with van der Waals surface area (Å²) in [7, 11) is 0. The van der Waals surface area contributed by atoms with E-state index in [1.165, 1.54) is 31.2 Å². The van der Waals surface area contributed by atoms with Crippen molar-refractivity contribution in [2.24, 2.45) is 0 Å². The Morgan fingerprint density at radius 1 is 0.919 bits per heavy atom. The van der Waals surface area contributed by atoms with Crippen LogP contribution in [0.4, 0.5) is 0 Å². The molecule has 0 bridgehead atoms. The predicted molar refractivity (Wildman–Crippen MR) is 125 cm³/mol. The van der Waals surface area contributed by atoms with Gasteiger partial charge in [0.1, 0.15) is 34.3 Å². The van der Waals surface area contributed by atoms with E-state index < -0.39 is 59.6 Å². The number of hydrogen-bond acceptors (Lipinski definition) is 12. The van der Waals surface area contributed by atoms with E-state index in [-0.39, 0.29) is 33.8 Å². The number of phenols is 3. The van der Waals surface area contributed by atoms with E-state index in [9.17, 15) is 34.8 Å². The van der Waals surface area contributed by atoms with Gasteiger partial charge < -0.3 is 43.8 Å². The van der Waals surface area contributed by atoms with Crippen LogP contribution in [-0.4, -0.2) is 63.1 Å². The first-order chi connectivity index (χ1) is 17.5. The first-order valence-electron chi connectivity index (χ1n) is 11.1. The van der Waals surface area contributed by atoms with Crippen molar-refractivity contribution in [2.45, 2.75) is 51.5 Å². The van der Waals surface area contributed by atoms with Gasteiger partial charge in [-0.3, -0.25) is 14.4 Å². The van der Waals surface area contributed by atoms with Crippen molar-refractivity contribution in [3.8, 4) is 34.3 Å². The van der Waals surface area contributed by atoms with E-state index in [0.29, 0.717) is 0 Å². The fraction of sp³-hybridized carbons (Fsp3) is 0.320. The minimum Gasteiger partial charge on any atom is -0.508 e. The van der Waals surface area contributed by atoms with Gasteiger partial charge in [-0.2, -0.15) is 0 Å². The van der Waals surface area contributed by atoms with E-state index in [1.54, 1.807) is 0 Å². The molecule has 4 N–H and O–H groups in total. The number of ether oxygens (including phenoxy) is 4. The number of hydrogen-bond donors (Lipinski definition) is 4. The Labute approximate surface area is 209 Å². The minimum absolute atomic E-state index is 0.0661. The number of aromatic hydroxyl groups is 3. The molecule has 0 aliphatic carbocycles. The fourth-order valence-electron chi connectivity index (χ4n) is 4.06. The summed E-state index contributed by atoms with van der Waals surface area (Å²) in [6.07, 6.45) is -6.86. The highest BCUT2D eigenvalue weighted by molar-refractivity contribution is 5.88. The Bertz CT molecular complexity index is 1390. The lowest BCUT2D eigenvalue weighted by Gasteiger charge is -2.41. The molecular formula is C25H24O12. The van der Waals surface area contributed by atoms with Crippen LogP contribution in [0.5, 0.6) is 23.0 Å². The molecule has 0 spiro atoms. The summed E-state index contributed by atoms with van der Waals surface area (Å²) >= 11 is 0. The quantitative estimate of drug-likeness (QED) is 0.362. The number of aliphatic hydroxyl groups is 1. The summed E-state index contributed by atoms with van der Waals surface area (Å²) in [4.78, 5) is 36.8. The van der Waals surface area contributed by atoms with Gasteiger partial charge in [-0.25, -0.2) is 0 Å². The number of rotatable bonds is 5. The van der Waals surface area contributed by atoms with Crippen molar-refractivity contribution in [3.05, 3.63) is 46.6 Å². The molecule has 12 heteroatoms. The number of fused-ring (bicyclic) bond motifs is 1. The second-order valence-corrected chi connectivity index (χ2v) is 8.44. The van der Waals surface area contributed by atoms with Gasteiger partial charge in [0.2, 0.25) is 17.5 Å². The Balaban J connectivity index is 1.86. The number of benzene rings is 2. The third kappa shape index (κ3) is 5.15. The Morgan fingerprint density at radius 2 is 1.54 bits per heavy atom. The Kier molecular flexibility index (Phi) is 6.96. The van der Waals surface area contributed by atoms with E-state index in [4.69, 9.17) is 23.4 Å². The molecule has 1 aliphatic heterocycles. The maximum atomic E-state index is 13.5. The van der Waals surface area contributed by atoms with Crippen LogP contribution >= 0.6 is 0 Å². The third-order valence-electron chi connectivity index (χ3n) is 5.64. The number of carbonyl (C=O) groups is 2. The van der Waals surface area contributed by atoms with Crippen molar-refractivity contribution in [1.29, 1.82) is 0 Å². The highest BCUT2D eigenvalue weighted by Crippen LogP contribution is 2.38. The lowest BCUT2D eigenvalue weighted by Crippen LogP contribution is -2.60. The van der Waals surface area contributed by atoms with Gasteiger partial charge in [-0.15, -0.1) is 0 Å². The van der Waals surface area contributed by atoms with Crippen LogP contribution in [0.2, 0.25) is 0 Å². The first-order valence-corrected chi connectivity index (χ1v) is 11.1. The van der Waals surface area contributed by atoms with E-state index >= 15 is 0 Å². The molecule has 0 unspecified atom stereocenters. The molecule has 0 amide bonds. The summed E-state index contributed by atoms with van der Waals surface area (Å²) in [6.45, 7) is 3.70. The molecule has 196 valence electrons. The summed E-state index contributed by atoms with van der Waals surface area (Å²) in [5, 5.41) is 40.4. The Hall–Kier alpha value is -4.29. The zero-order valence-corrected chi connectivity index (χ0v) is 19.9. The van der Waals surface area contributed by atoms with Crippen LogP contribution in [0, 0.1) is 0 Å². The smallest absolute Gasteiger partial charge is 0.303 e. The lowest BCUT2D eigenvalue weighted by atomic mass is 9.99. The molecule has 1 aliphatic rings. The zero-order chi connectivity index (χ0) is 27.0. The molecule has 2 aromatic carbocycles. The molecular weight excluding hydrogens is 492 g/mol. The number of aliphatic hydroxyl groups excluding tert-OH is 1. The molecule has 0 radical (unpaired) electrons. The number of phenolic OH excluding ortho intramolecular Hbond substituents is 3. The average molecular weight is 516 g/mol. The monoisotopic (exact) mass is 516 g/mol. The van der Waals surface area contributed by atoms with Crippen LogP contribution in [0.1, 0.15) is 20.8 Å². The van der Waals surface area contributed by atoms with E-state index in [1.807, 2.05) is 0 Å². The molecule has 37 heavy (non-hydrogen) atoms. The van der Waals surface area contributed by atoms with Crippen LogP contribution in [0.3, 0.4) is 0 Å². The molecule has 0 saturated carbocycles. The van der Waals surface area contributed by atoms with Crippen LogP contribution in [0.15, 0.2) is 45.6 Å². The van der Waals surface area contributed by atoms with Gasteiger partial charge in [0.25, 0.3) is 0 Å². The molecule has 1 saturated heterocycles. The van der Waals surface area contributed by atoms with Gasteiger partial charge in [0.15, 0.2) is 18.0 Å². The van der Waals surface area contributed by atoms with Crippen LogP contribution in [-0.2, 0) is 23.8 Å². The summed E-state index contributed by atoms with van der Waals surface area (Å²) in [6, 6.07) is 7.58. The third-order valence-corrected chi connectivity index (χ3v) is 5.64. The number of esters is 2. The van der Waals surface area contributed by atoms with Gasteiger partial charge >= 0.3 is 11.9 Å². The van der Waals surface area contributed by atoms with Gasteiger partial charge in [-0.1, -0.05) is 0 Å². The van der Waals surface area contributed by atoms with Gasteiger partial charge in [-0.05, 0) is 31.2 Å². The zero-order valence-electron chi connectivity index (χ0n) is 19.9. The van der Waals surface area contributed by atoms with Crippen molar-refractivity contribution >= 4 is 22.9 Å². The van der Waals surface area contributed by atoms with Crippen LogP contribution in [0.25, 0.3) is 22.3 Å². The highest BCUT2D eigenvalue weighted by atomic mass is 16.7. The predicted octanol–water partition coefficient (Wildman–Crippen LogP) is 1.92. The van der Waals surface area contributed by atoms with Crippen molar-refractivity contribution in [3.63, 3.8) is 0 Å². The standard InChI is InChI=1S/C25H24O12/c1-10-21(34-11(2)26)20(32)24(35-12(3)27)25(33-10)37-23-19(31)18-16(30)8-15(29)9-17(18)36-22(23)13-4-6-14(28)7-5-13/h4-10,20-21,24-25,28-30,32H,1-3H3/t10-,20-,21-,24+,25-/m0/s1. The van der Waals surface area contributed by atoms with E-state index in [0.717, 1.165) is 26.0 Å². The molecule has 3 aromatic rings. The molecule has 12 nitrogen and oxygen atoms in total. The molecule has 1 fully saturated rings. The lowest BCUT2D eigenvalue weighted by molar-refractivity contribution is -0.277. The summed E-state index contributed by atoms with van der Waals surface area (Å²) < 4.78 is 27.8. The largest absolute Gasteiger partial charge is 0.508 e. The molecule has 2 heterocycles. The average Bonchev–Trinajstić information content (AvgIpc) is 2.80. The van der Waals surface area contributed by atoms with Crippen molar-refractivity contribution in [1.82, 2.24) is 0 Å². The van der Waals surface area contributed by atoms with Gasteiger partial charge in [0.05, 0.1) is 6.10 Å². The van der Waals surface area contributed by atoms with Crippen LogP contribution < -0.4 is 10.2 Å². The first kappa shape index (κ1) is 25.8. The molecule has 4 rings (SSSR count). The Morgan fingerprint density at radius 3 is 2.16 bits per heavy atom. The SMILES string of the molecule is CC(=O)O[C@@H]1[C@H](O)[C@@H](OC(C)=O)[C@H](Oc2c(-c3ccc(O)cc3)oc3cc(O)cc(O)c3c2=O)O[C@H]1C. The maximum absolute atomic E-state index is 13.5. The summed E-state index contributed by atoms with van der Waals surface area (Å²) in [5.74, 6) is -3.18.